The van der Waals surface area contributed by atoms with Gasteiger partial charge in [-0.15, -0.1) is 11.8 Å². The number of nitrogens with one attached hydrogen (secondary N) is 2. The van der Waals surface area contributed by atoms with Crippen LogP contribution in [-0.2, 0) is 24.0 Å². The molecule has 3 amide bonds. The van der Waals surface area contributed by atoms with Crippen molar-refractivity contribution in [2.45, 2.75) is 18.3 Å². The van der Waals surface area contributed by atoms with Gasteiger partial charge in [0.1, 0.15) is 30.8 Å². The molecule has 1 saturated heterocycles. The molecule has 3 N–H and O–H groups in total. The van der Waals surface area contributed by atoms with Gasteiger partial charge >= 0.3 is 12.1 Å². The first-order valence-corrected chi connectivity index (χ1v) is 10.2. The highest BCUT2D eigenvalue weighted by Crippen LogP contribution is 2.40. The molecule has 31 heavy (non-hydrogen) atoms. The molecule has 2 atom stereocenters. The van der Waals surface area contributed by atoms with E-state index < -0.39 is 35.3 Å². The summed E-state index contributed by atoms with van der Waals surface area (Å²) in [4.78, 5) is 54.4. The Labute approximate surface area is 180 Å². The van der Waals surface area contributed by atoms with Gasteiger partial charge in [0.25, 0.3) is 11.8 Å². The number of nitrogens with zero attached hydrogens (tertiary/aromatic N) is 2. The molecule has 3 rings (SSSR count). The molecule has 2 aliphatic rings. The highest BCUT2D eigenvalue weighted by molar-refractivity contribution is 8.00. The van der Waals surface area contributed by atoms with Gasteiger partial charge in [0.2, 0.25) is 5.71 Å². The molecule has 0 spiro atoms. The number of hydrogen-bond acceptors (Lipinski definition) is 9. The summed E-state index contributed by atoms with van der Waals surface area (Å²) in [6.07, 6.45) is 0.671. The van der Waals surface area contributed by atoms with Crippen molar-refractivity contribution in [2.24, 2.45) is 5.16 Å². The molecule has 12 nitrogen and oxygen atoms in total. The van der Waals surface area contributed by atoms with Gasteiger partial charge < -0.3 is 29.7 Å². The zero-order valence-electron chi connectivity index (χ0n) is 16.6. The number of carbonyl (C=O) groups excluding carboxylic acids is 3. The molecule has 3 heterocycles. The van der Waals surface area contributed by atoms with Crippen LogP contribution in [-0.4, -0.2) is 77.0 Å². The number of rotatable bonds is 8. The zero-order valence-corrected chi connectivity index (χ0v) is 17.4. The molecule has 1 aromatic rings. The lowest BCUT2D eigenvalue weighted by Gasteiger charge is -2.49. The van der Waals surface area contributed by atoms with Crippen molar-refractivity contribution in [3.8, 4) is 0 Å². The summed E-state index contributed by atoms with van der Waals surface area (Å²) in [5.74, 6) is -2.28. The van der Waals surface area contributed by atoms with Crippen LogP contribution < -0.4 is 10.6 Å². The number of hydrogen-bond donors (Lipinski definition) is 3. The van der Waals surface area contributed by atoms with Crippen molar-refractivity contribution in [1.29, 1.82) is 0 Å². The molecule has 1 fully saturated rings. The van der Waals surface area contributed by atoms with Crippen molar-refractivity contribution < 1.29 is 38.3 Å². The van der Waals surface area contributed by atoms with E-state index >= 15 is 0 Å². The van der Waals surface area contributed by atoms with Crippen LogP contribution >= 0.6 is 11.8 Å². The average Bonchev–Trinajstić information content (AvgIpc) is 3.27. The van der Waals surface area contributed by atoms with E-state index in [1.165, 1.54) is 31.2 Å². The molecule has 0 aliphatic carbocycles. The number of carboxylic acids is 1. The molecule has 0 saturated carbocycles. The number of β-lactam (4-membered cyclic amide) rings is 1. The summed E-state index contributed by atoms with van der Waals surface area (Å²) in [7, 11) is 1.26. The van der Waals surface area contributed by atoms with E-state index in [0.717, 1.165) is 4.90 Å². The molecule has 166 valence electrons. The maximum atomic E-state index is 12.7. The Hall–Kier alpha value is -3.48. The van der Waals surface area contributed by atoms with Crippen molar-refractivity contribution in [3.63, 3.8) is 0 Å². The predicted molar refractivity (Wildman–Crippen MR) is 107 cm³/mol. The number of aliphatic carboxylic acids is 1. The topological polar surface area (TPSA) is 160 Å². The largest absolute Gasteiger partial charge is 0.477 e. The number of fused-ring (bicyclic) bond motifs is 1. The first kappa shape index (κ1) is 22.2. The Balaban J connectivity index is 1.73. The fourth-order valence-corrected chi connectivity index (χ4v) is 4.38. The first-order chi connectivity index (χ1) is 14.9. The van der Waals surface area contributed by atoms with E-state index in [9.17, 15) is 24.3 Å². The van der Waals surface area contributed by atoms with Crippen LogP contribution in [0, 0.1) is 0 Å². The van der Waals surface area contributed by atoms with Crippen LogP contribution in [0.2, 0.25) is 0 Å². The fraction of sp³-hybridized carbons (Fsp3) is 0.389. The highest BCUT2D eigenvalue weighted by Gasteiger charge is 2.54. The van der Waals surface area contributed by atoms with Crippen LogP contribution in [0.5, 0.6) is 0 Å². The van der Waals surface area contributed by atoms with E-state index in [1.807, 2.05) is 0 Å². The second kappa shape index (κ2) is 9.55. The number of ether oxygens (including phenoxy) is 1. The normalized spacial score (nSPS) is 20.5. The van der Waals surface area contributed by atoms with Gasteiger partial charge in [-0.2, -0.15) is 0 Å². The van der Waals surface area contributed by atoms with Crippen LogP contribution in [0.25, 0.3) is 0 Å². The number of thioether (sulfide) groups is 1. The minimum absolute atomic E-state index is 0.148. The van der Waals surface area contributed by atoms with Crippen LogP contribution in [0.15, 0.2) is 39.2 Å². The minimum atomic E-state index is -1.32. The van der Waals surface area contributed by atoms with Crippen LogP contribution in [0.1, 0.15) is 12.7 Å². The van der Waals surface area contributed by atoms with E-state index in [2.05, 4.69) is 20.6 Å². The van der Waals surface area contributed by atoms with Gasteiger partial charge in [0, 0.05) is 17.9 Å². The number of oxime groups is 1. The summed E-state index contributed by atoms with van der Waals surface area (Å²) >= 11 is 1.25. The van der Waals surface area contributed by atoms with Crippen molar-refractivity contribution in [3.05, 3.63) is 35.4 Å². The zero-order chi connectivity index (χ0) is 22.5. The Bertz CT molecular complexity index is 942. The van der Waals surface area contributed by atoms with E-state index in [-0.39, 0.29) is 35.1 Å². The predicted octanol–water partition coefficient (Wildman–Crippen LogP) is 0.115. The summed E-state index contributed by atoms with van der Waals surface area (Å²) < 4.78 is 10.2. The van der Waals surface area contributed by atoms with E-state index in [0.29, 0.717) is 6.54 Å². The third kappa shape index (κ3) is 4.50. The third-order valence-electron chi connectivity index (χ3n) is 4.39. The Morgan fingerprint density at radius 2 is 2.19 bits per heavy atom. The van der Waals surface area contributed by atoms with Crippen molar-refractivity contribution in [1.82, 2.24) is 15.5 Å². The van der Waals surface area contributed by atoms with Gasteiger partial charge in [0.15, 0.2) is 5.76 Å². The smallest absolute Gasteiger partial charge is 0.407 e. The number of amides is 3. The fourth-order valence-electron chi connectivity index (χ4n) is 3.05. The van der Waals surface area contributed by atoms with Gasteiger partial charge in [-0.3, -0.25) is 14.5 Å². The van der Waals surface area contributed by atoms with Gasteiger partial charge in [-0.05, 0) is 19.1 Å². The molecule has 13 heteroatoms. The van der Waals surface area contributed by atoms with Gasteiger partial charge in [-0.25, -0.2) is 9.59 Å². The average molecular weight is 452 g/mol. The molecule has 0 radical (unpaired) electrons. The summed E-state index contributed by atoms with van der Waals surface area (Å²) in [5, 5.41) is 17.6. The van der Waals surface area contributed by atoms with Crippen molar-refractivity contribution in [2.75, 3.05) is 26.0 Å². The van der Waals surface area contributed by atoms with Gasteiger partial charge in [-0.1, -0.05) is 5.16 Å². The van der Waals surface area contributed by atoms with E-state index in [1.54, 1.807) is 13.0 Å². The molecule has 0 bridgehead atoms. The second-order valence-corrected chi connectivity index (χ2v) is 7.43. The summed E-state index contributed by atoms with van der Waals surface area (Å²) in [5.41, 5.74) is -0.125. The lowest BCUT2D eigenvalue weighted by Crippen LogP contribution is -2.71. The molecular formula is C18H20N4O8S. The lowest BCUT2D eigenvalue weighted by molar-refractivity contribution is -0.150. The standard InChI is InChI=1S/C18H20N4O8S/c1-3-19-18(27)30-7-9-8-31-16-12(15(24)22(16)13(9)17(25)26)20-14(23)11(21-28-2)10-5-4-6-29-10/h4-6,12,16H,3,7-8H2,1-2H3,(H,19,27)(H,20,23)(H,25,26)/t12-,16-/m1/s1. The van der Waals surface area contributed by atoms with Crippen molar-refractivity contribution >= 4 is 41.4 Å². The van der Waals surface area contributed by atoms with E-state index in [4.69, 9.17) is 9.15 Å². The number of carboxylic acid groups (broad SMARTS) is 1. The molecule has 2 aliphatic heterocycles. The SMILES string of the molecule is CCNC(=O)OCC1=C(C(=O)O)N2C(=O)[C@@H](NC(=O)C(=NOC)c3ccco3)[C@H]2SC1. The Morgan fingerprint density at radius 1 is 1.42 bits per heavy atom. The Kier molecular flexibility index (Phi) is 6.84. The third-order valence-corrected chi connectivity index (χ3v) is 5.73. The second-order valence-electron chi connectivity index (χ2n) is 6.32. The van der Waals surface area contributed by atoms with Gasteiger partial charge in [0.05, 0.1) is 6.26 Å². The lowest BCUT2D eigenvalue weighted by atomic mass is 10.0. The monoisotopic (exact) mass is 452 g/mol. The Morgan fingerprint density at radius 3 is 2.81 bits per heavy atom. The molecular weight excluding hydrogens is 432 g/mol. The minimum Gasteiger partial charge on any atom is -0.477 e. The molecule has 0 aromatic carbocycles. The van der Waals surface area contributed by atoms with Crippen LogP contribution in [0.3, 0.4) is 0 Å². The quantitative estimate of drug-likeness (QED) is 0.283. The maximum Gasteiger partial charge on any atom is 0.407 e. The summed E-state index contributed by atoms with van der Waals surface area (Å²) in [6, 6.07) is 2.11. The summed E-state index contributed by atoms with van der Waals surface area (Å²) in [6.45, 7) is 1.81. The molecule has 1 aromatic heterocycles. The highest BCUT2D eigenvalue weighted by atomic mass is 32.2. The number of carbonyl (C=O) groups is 4. The van der Waals surface area contributed by atoms with Crippen LogP contribution in [0.4, 0.5) is 4.79 Å². The maximum absolute atomic E-state index is 12.7. The number of alkyl carbamates (subject to hydrolysis) is 1. The number of furan rings is 1. The molecule has 0 unspecified atom stereocenters. The first-order valence-electron chi connectivity index (χ1n) is 9.15.